The molecule has 120 valence electrons. The largest absolute Gasteiger partial charge is 0.484 e. The van der Waals surface area contributed by atoms with Crippen LogP contribution in [0.15, 0.2) is 60.0 Å². The van der Waals surface area contributed by atoms with E-state index < -0.39 is 12.8 Å². The maximum absolute atomic E-state index is 12.2. The van der Waals surface area contributed by atoms with Gasteiger partial charge in [0, 0.05) is 11.9 Å². The molecule has 0 aliphatic rings. The molecule has 3 nitrogen and oxygen atoms in total. The van der Waals surface area contributed by atoms with E-state index >= 15 is 0 Å². The number of nitrogens with zero attached hydrogens (tertiary/aromatic N) is 2. The third kappa shape index (κ3) is 4.19. The summed E-state index contributed by atoms with van der Waals surface area (Å²) in [5.74, 6) is 0.811. The van der Waals surface area contributed by atoms with Crippen LogP contribution in [0.2, 0.25) is 0 Å². The summed E-state index contributed by atoms with van der Waals surface area (Å²) in [6, 6.07) is 12.5. The van der Waals surface area contributed by atoms with E-state index in [1.165, 1.54) is 17.8 Å². The SMILES string of the molecule is FC(F)(F)COc1cccc(CSc2ncc3ccccn23)c1. The van der Waals surface area contributed by atoms with Gasteiger partial charge in [-0.1, -0.05) is 30.0 Å². The van der Waals surface area contributed by atoms with Crippen LogP contribution in [0, 0.1) is 0 Å². The standard InChI is InChI=1S/C16H13F3N2OS/c17-16(18,19)11-22-14-6-3-4-12(8-14)10-23-15-20-9-13-5-1-2-7-21(13)15/h1-9H,10-11H2. The highest BCUT2D eigenvalue weighted by molar-refractivity contribution is 7.98. The number of hydrogen-bond donors (Lipinski definition) is 0. The molecule has 2 heterocycles. The lowest BCUT2D eigenvalue weighted by atomic mass is 10.2. The average molecular weight is 338 g/mol. The fraction of sp³-hybridized carbons (Fsp3) is 0.188. The smallest absolute Gasteiger partial charge is 0.422 e. The quantitative estimate of drug-likeness (QED) is 0.638. The van der Waals surface area contributed by atoms with E-state index in [0.717, 1.165) is 16.2 Å². The molecule has 0 radical (unpaired) electrons. The van der Waals surface area contributed by atoms with Crippen molar-refractivity contribution in [3.63, 3.8) is 0 Å². The predicted molar refractivity (Wildman–Crippen MR) is 82.7 cm³/mol. The number of fused-ring (bicyclic) bond motifs is 1. The Morgan fingerprint density at radius 1 is 1.13 bits per heavy atom. The molecule has 7 heteroatoms. The van der Waals surface area contributed by atoms with Gasteiger partial charge in [0.25, 0.3) is 0 Å². The van der Waals surface area contributed by atoms with Gasteiger partial charge in [-0.15, -0.1) is 0 Å². The maximum atomic E-state index is 12.2. The molecule has 0 saturated carbocycles. The monoisotopic (exact) mass is 338 g/mol. The molecule has 0 saturated heterocycles. The number of aromatic nitrogens is 2. The van der Waals surface area contributed by atoms with Gasteiger partial charge >= 0.3 is 6.18 Å². The van der Waals surface area contributed by atoms with Crippen LogP contribution >= 0.6 is 11.8 Å². The van der Waals surface area contributed by atoms with Gasteiger partial charge in [0.05, 0.1) is 11.7 Å². The molecule has 0 atom stereocenters. The van der Waals surface area contributed by atoms with Gasteiger partial charge < -0.3 is 4.74 Å². The number of hydrogen-bond acceptors (Lipinski definition) is 3. The van der Waals surface area contributed by atoms with Crippen LogP contribution in [0.4, 0.5) is 13.2 Å². The molecule has 0 fully saturated rings. The van der Waals surface area contributed by atoms with Gasteiger partial charge in [0.15, 0.2) is 11.8 Å². The van der Waals surface area contributed by atoms with Crippen LogP contribution in [-0.4, -0.2) is 22.2 Å². The summed E-state index contributed by atoms with van der Waals surface area (Å²) in [7, 11) is 0. The van der Waals surface area contributed by atoms with E-state index in [2.05, 4.69) is 4.98 Å². The first-order chi connectivity index (χ1) is 11.0. The normalized spacial score (nSPS) is 11.8. The molecule has 0 aliphatic heterocycles. The van der Waals surface area contributed by atoms with E-state index in [1.807, 2.05) is 34.9 Å². The number of benzene rings is 1. The average Bonchev–Trinajstić information content (AvgIpc) is 2.94. The minimum atomic E-state index is -4.33. The molecule has 23 heavy (non-hydrogen) atoms. The molecule has 0 amide bonds. The fourth-order valence-corrected chi connectivity index (χ4v) is 2.97. The Morgan fingerprint density at radius 2 is 2.00 bits per heavy atom. The molecule has 0 spiro atoms. The Bertz CT molecular complexity index is 801. The highest BCUT2D eigenvalue weighted by Gasteiger charge is 2.28. The topological polar surface area (TPSA) is 26.5 Å². The van der Waals surface area contributed by atoms with E-state index in [0.29, 0.717) is 5.75 Å². The first kappa shape index (κ1) is 15.7. The number of imidazole rings is 1. The second-order valence-electron chi connectivity index (χ2n) is 4.88. The Kier molecular flexibility index (Phi) is 4.47. The predicted octanol–water partition coefficient (Wildman–Crippen LogP) is 4.57. The van der Waals surface area contributed by atoms with E-state index in [-0.39, 0.29) is 5.75 Å². The maximum Gasteiger partial charge on any atom is 0.422 e. The lowest BCUT2D eigenvalue weighted by Gasteiger charge is -2.10. The highest BCUT2D eigenvalue weighted by atomic mass is 32.2. The molecule has 3 rings (SSSR count). The molecule has 3 aromatic rings. The van der Waals surface area contributed by atoms with Gasteiger partial charge in [-0.25, -0.2) is 4.98 Å². The summed E-state index contributed by atoms with van der Waals surface area (Å²) in [5.41, 5.74) is 1.87. The van der Waals surface area contributed by atoms with Crippen LogP contribution in [0.25, 0.3) is 5.52 Å². The lowest BCUT2D eigenvalue weighted by Crippen LogP contribution is -2.19. The number of pyridine rings is 1. The molecule has 2 aromatic heterocycles. The molecular formula is C16H13F3N2OS. The van der Waals surface area contributed by atoms with Crippen molar-refractivity contribution >= 4 is 17.3 Å². The number of alkyl halides is 3. The molecule has 0 bridgehead atoms. The Balaban J connectivity index is 1.66. The van der Waals surface area contributed by atoms with E-state index in [4.69, 9.17) is 4.74 Å². The molecular weight excluding hydrogens is 325 g/mol. The first-order valence-electron chi connectivity index (χ1n) is 6.85. The second-order valence-corrected chi connectivity index (χ2v) is 5.82. The third-order valence-corrected chi connectivity index (χ3v) is 4.11. The van der Waals surface area contributed by atoms with Gasteiger partial charge in [-0.2, -0.15) is 13.2 Å². The van der Waals surface area contributed by atoms with Crippen molar-refractivity contribution in [2.45, 2.75) is 17.1 Å². The number of halogens is 3. The first-order valence-corrected chi connectivity index (χ1v) is 7.83. The fourth-order valence-electron chi connectivity index (χ4n) is 2.06. The summed E-state index contributed by atoms with van der Waals surface area (Å²) < 4.78 is 43.3. The van der Waals surface area contributed by atoms with Crippen molar-refractivity contribution in [1.29, 1.82) is 0 Å². The Labute approximate surface area is 135 Å². The second kappa shape index (κ2) is 6.54. The molecule has 1 aromatic carbocycles. The summed E-state index contributed by atoms with van der Waals surface area (Å²) >= 11 is 1.52. The molecule has 0 unspecified atom stereocenters. The van der Waals surface area contributed by atoms with Gasteiger partial charge in [0.2, 0.25) is 0 Å². The number of thioether (sulfide) groups is 1. The zero-order valence-corrected chi connectivity index (χ0v) is 12.8. The van der Waals surface area contributed by atoms with Crippen molar-refractivity contribution in [2.75, 3.05) is 6.61 Å². The minimum absolute atomic E-state index is 0.216. The van der Waals surface area contributed by atoms with Gasteiger partial charge in [-0.3, -0.25) is 4.40 Å². The van der Waals surface area contributed by atoms with Crippen LogP contribution in [0.1, 0.15) is 5.56 Å². The zero-order chi connectivity index (χ0) is 16.3. The van der Waals surface area contributed by atoms with Crippen LogP contribution in [0.5, 0.6) is 5.75 Å². The number of rotatable bonds is 5. The minimum Gasteiger partial charge on any atom is -0.484 e. The van der Waals surface area contributed by atoms with Crippen molar-refractivity contribution in [3.8, 4) is 5.75 Å². The summed E-state index contributed by atoms with van der Waals surface area (Å²) in [6.07, 6.45) is -0.627. The van der Waals surface area contributed by atoms with Crippen molar-refractivity contribution in [1.82, 2.24) is 9.38 Å². The molecule has 0 N–H and O–H groups in total. The van der Waals surface area contributed by atoms with Crippen LogP contribution in [-0.2, 0) is 5.75 Å². The number of ether oxygens (including phenoxy) is 1. The third-order valence-electron chi connectivity index (χ3n) is 3.07. The summed E-state index contributed by atoms with van der Waals surface area (Å²) in [6.45, 7) is -1.28. The summed E-state index contributed by atoms with van der Waals surface area (Å²) in [5, 5.41) is 0.835. The van der Waals surface area contributed by atoms with Gasteiger partial charge in [0.1, 0.15) is 5.75 Å². The molecule has 0 aliphatic carbocycles. The zero-order valence-electron chi connectivity index (χ0n) is 12.0. The van der Waals surface area contributed by atoms with Crippen LogP contribution in [0.3, 0.4) is 0 Å². The lowest BCUT2D eigenvalue weighted by molar-refractivity contribution is -0.153. The van der Waals surface area contributed by atoms with E-state index in [1.54, 1.807) is 18.3 Å². The van der Waals surface area contributed by atoms with Crippen molar-refractivity contribution in [3.05, 3.63) is 60.4 Å². The Morgan fingerprint density at radius 3 is 2.83 bits per heavy atom. The Hall–Kier alpha value is -2.15. The van der Waals surface area contributed by atoms with Crippen molar-refractivity contribution < 1.29 is 17.9 Å². The highest BCUT2D eigenvalue weighted by Crippen LogP contribution is 2.25. The van der Waals surface area contributed by atoms with Crippen LogP contribution < -0.4 is 4.74 Å². The van der Waals surface area contributed by atoms with E-state index in [9.17, 15) is 13.2 Å². The van der Waals surface area contributed by atoms with Gasteiger partial charge in [-0.05, 0) is 29.8 Å². The van der Waals surface area contributed by atoms with Crippen molar-refractivity contribution in [2.24, 2.45) is 0 Å². The summed E-state index contributed by atoms with van der Waals surface area (Å²) in [4.78, 5) is 4.35.